The van der Waals surface area contributed by atoms with Crippen LogP contribution in [-0.2, 0) is 12.8 Å². The molecule has 0 aliphatic heterocycles. The molecule has 0 aliphatic rings. The molecule has 120 valence electrons. The van der Waals surface area contributed by atoms with Crippen LogP contribution in [0.5, 0.6) is 0 Å². The molecule has 0 bridgehead atoms. The molecule has 2 aromatic rings. The molecule has 0 aliphatic carbocycles. The van der Waals surface area contributed by atoms with E-state index in [-0.39, 0.29) is 17.0 Å². The zero-order valence-electron chi connectivity index (χ0n) is 14.1. The van der Waals surface area contributed by atoms with Crippen LogP contribution in [0.4, 0.5) is 5.69 Å². The lowest BCUT2D eigenvalue weighted by Gasteiger charge is -2.31. The predicted octanol–water partition coefficient (Wildman–Crippen LogP) is 1.84. The number of unbranched alkanes of at least 4 members (excludes halogenated alkanes) is 1. The van der Waals surface area contributed by atoms with Gasteiger partial charge in [-0.2, -0.15) is 0 Å². The molecule has 22 heavy (non-hydrogen) atoms. The van der Waals surface area contributed by atoms with Crippen LogP contribution in [0.3, 0.4) is 0 Å². The lowest BCUT2D eigenvalue weighted by molar-refractivity contribution is -0.00000455. The third-order valence-electron chi connectivity index (χ3n) is 4.24. The minimum atomic E-state index is 0. The second kappa shape index (κ2) is 9.12. The molecule has 0 amide bonds. The molecular formula is C20H28BrN. The van der Waals surface area contributed by atoms with Gasteiger partial charge in [-0.1, -0.05) is 61.9 Å². The van der Waals surface area contributed by atoms with Gasteiger partial charge in [0.25, 0.3) is 0 Å². The van der Waals surface area contributed by atoms with E-state index in [1.165, 1.54) is 36.2 Å². The average Bonchev–Trinajstić information content (AvgIpc) is 2.52. The van der Waals surface area contributed by atoms with E-state index in [0.29, 0.717) is 0 Å². The van der Waals surface area contributed by atoms with Gasteiger partial charge in [0.15, 0.2) is 0 Å². The fraction of sp³-hybridized carbons (Fsp3) is 0.400. The van der Waals surface area contributed by atoms with Gasteiger partial charge >= 0.3 is 0 Å². The molecule has 0 unspecified atom stereocenters. The predicted molar refractivity (Wildman–Crippen MR) is 93.7 cm³/mol. The van der Waals surface area contributed by atoms with Crippen LogP contribution in [0.2, 0.25) is 0 Å². The standard InChI is InChI=1S/C20H28N.BrH/c1-4-5-17-21(2,3)20-14-10-9-13-19(20)16-15-18-11-7-6-8-12-18;/h6-14H,4-5,15-17H2,1-3H3;1H/q+1;/p-1. The third kappa shape index (κ3) is 5.26. The van der Waals surface area contributed by atoms with Crippen LogP contribution in [0, 0.1) is 0 Å². The van der Waals surface area contributed by atoms with Crippen LogP contribution in [-0.4, -0.2) is 20.6 Å². The summed E-state index contributed by atoms with van der Waals surface area (Å²) in [5.74, 6) is 0. The van der Waals surface area contributed by atoms with Crippen LogP contribution < -0.4 is 21.5 Å². The van der Waals surface area contributed by atoms with Crippen LogP contribution in [0.15, 0.2) is 54.6 Å². The quantitative estimate of drug-likeness (QED) is 0.660. The molecule has 2 rings (SSSR count). The Bertz CT molecular complexity index is 549. The molecule has 0 radical (unpaired) electrons. The molecule has 0 aromatic heterocycles. The topological polar surface area (TPSA) is 0 Å². The molecular weight excluding hydrogens is 334 g/mol. The number of hydrogen-bond acceptors (Lipinski definition) is 0. The van der Waals surface area contributed by atoms with Crippen molar-refractivity contribution in [2.24, 2.45) is 0 Å². The van der Waals surface area contributed by atoms with Crippen molar-refractivity contribution in [3.05, 3.63) is 65.7 Å². The highest BCUT2D eigenvalue weighted by Gasteiger charge is 2.21. The number of benzene rings is 2. The largest absolute Gasteiger partial charge is 1.00 e. The smallest absolute Gasteiger partial charge is 0.135 e. The number of nitrogens with zero attached hydrogens (tertiary/aromatic N) is 1. The second-order valence-corrected chi connectivity index (χ2v) is 6.38. The zero-order chi connectivity index (χ0) is 15.1. The minimum absolute atomic E-state index is 0. The van der Waals surface area contributed by atoms with Gasteiger partial charge in [0, 0.05) is 5.56 Å². The zero-order valence-corrected chi connectivity index (χ0v) is 15.6. The van der Waals surface area contributed by atoms with Crippen molar-refractivity contribution in [2.75, 3.05) is 20.6 Å². The Labute approximate surface area is 146 Å². The van der Waals surface area contributed by atoms with E-state index < -0.39 is 0 Å². The van der Waals surface area contributed by atoms with E-state index in [1.807, 2.05) is 0 Å². The van der Waals surface area contributed by atoms with Crippen LogP contribution >= 0.6 is 0 Å². The van der Waals surface area contributed by atoms with E-state index in [0.717, 1.165) is 17.3 Å². The fourth-order valence-electron chi connectivity index (χ4n) is 2.91. The normalized spacial score (nSPS) is 11.0. The number of para-hydroxylation sites is 1. The third-order valence-corrected chi connectivity index (χ3v) is 4.24. The summed E-state index contributed by atoms with van der Waals surface area (Å²) in [5.41, 5.74) is 4.38. The Morgan fingerprint density at radius 3 is 2.14 bits per heavy atom. The summed E-state index contributed by atoms with van der Waals surface area (Å²) in [5, 5.41) is 0. The van der Waals surface area contributed by atoms with Crippen molar-refractivity contribution < 1.29 is 17.0 Å². The van der Waals surface area contributed by atoms with Crippen LogP contribution in [0.25, 0.3) is 0 Å². The van der Waals surface area contributed by atoms with E-state index in [1.54, 1.807) is 0 Å². The molecule has 0 fully saturated rings. The summed E-state index contributed by atoms with van der Waals surface area (Å²) in [4.78, 5) is 0. The molecule has 2 aromatic carbocycles. The highest BCUT2D eigenvalue weighted by molar-refractivity contribution is 5.50. The summed E-state index contributed by atoms with van der Waals surface area (Å²) in [6, 6.07) is 19.7. The first-order valence-electron chi connectivity index (χ1n) is 8.09. The number of hydrogen-bond donors (Lipinski definition) is 0. The summed E-state index contributed by atoms with van der Waals surface area (Å²) in [6.45, 7) is 3.47. The van der Waals surface area contributed by atoms with Crippen molar-refractivity contribution in [1.29, 1.82) is 0 Å². The summed E-state index contributed by atoms with van der Waals surface area (Å²) >= 11 is 0. The van der Waals surface area contributed by atoms with Crippen molar-refractivity contribution in [3.63, 3.8) is 0 Å². The Morgan fingerprint density at radius 2 is 1.45 bits per heavy atom. The Kier molecular flexibility index (Phi) is 7.84. The van der Waals surface area contributed by atoms with E-state index in [4.69, 9.17) is 0 Å². The molecule has 1 nitrogen and oxygen atoms in total. The maximum atomic E-state index is 2.33. The maximum absolute atomic E-state index is 2.33. The van der Waals surface area contributed by atoms with Gasteiger partial charge in [-0.3, -0.25) is 4.48 Å². The van der Waals surface area contributed by atoms with Crippen LogP contribution in [0.1, 0.15) is 30.9 Å². The highest BCUT2D eigenvalue weighted by atomic mass is 79.9. The minimum Gasteiger partial charge on any atom is -1.00 e. The number of quaternary nitrogens is 1. The van der Waals surface area contributed by atoms with Gasteiger partial charge in [0.2, 0.25) is 0 Å². The first kappa shape index (κ1) is 18.9. The summed E-state index contributed by atoms with van der Waals surface area (Å²) in [6.07, 6.45) is 4.77. The highest BCUT2D eigenvalue weighted by Crippen LogP contribution is 2.26. The molecule has 2 heteroatoms. The lowest BCUT2D eigenvalue weighted by Crippen LogP contribution is -3.00. The first-order chi connectivity index (χ1) is 10.1. The number of rotatable bonds is 7. The van der Waals surface area contributed by atoms with Crippen molar-refractivity contribution >= 4 is 5.69 Å². The maximum Gasteiger partial charge on any atom is 0.135 e. The van der Waals surface area contributed by atoms with Gasteiger partial charge in [0.1, 0.15) is 5.69 Å². The second-order valence-electron chi connectivity index (χ2n) is 6.38. The van der Waals surface area contributed by atoms with Gasteiger partial charge in [-0.15, -0.1) is 0 Å². The van der Waals surface area contributed by atoms with Gasteiger partial charge in [-0.05, 0) is 30.9 Å². The summed E-state index contributed by atoms with van der Waals surface area (Å²) < 4.78 is 0.985. The SMILES string of the molecule is CCCC[N+](C)(C)c1ccccc1CCc1ccccc1.[Br-]. The van der Waals surface area contributed by atoms with Crippen molar-refractivity contribution in [1.82, 2.24) is 4.48 Å². The monoisotopic (exact) mass is 361 g/mol. The van der Waals surface area contributed by atoms with Crippen molar-refractivity contribution in [3.8, 4) is 0 Å². The Balaban J connectivity index is 0.00000242. The fourth-order valence-corrected chi connectivity index (χ4v) is 2.91. The number of halogens is 1. The molecule has 0 heterocycles. The van der Waals surface area contributed by atoms with Gasteiger partial charge < -0.3 is 17.0 Å². The molecule has 0 spiro atoms. The molecule has 0 saturated heterocycles. The Hall–Kier alpha value is -1.12. The summed E-state index contributed by atoms with van der Waals surface area (Å²) in [7, 11) is 4.66. The molecule has 0 saturated carbocycles. The Morgan fingerprint density at radius 1 is 0.818 bits per heavy atom. The lowest BCUT2D eigenvalue weighted by atomic mass is 10.0. The number of aryl methyl sites for hydroxylation is 2. The van der Waals surface area contributed by atoms with E-state index in [2.05, 4.69) is 75.6 Å². The van der Waals surface area contributed by atoms with Gasteiger partial charge in [-0.25, -0.2) is 0 Å². The molecule has 0 N–H and O–H groups in total. The van der Waals surface area contributed by atoms with E-state index in [9.17, 15) is 0 Å². The molecule has 0 atom stereocenters. The van der Waals surface area contributed by atoms with Gasteiger partial charge in [0.05, 0.1) is 20.6 Å². The van der Waals surface area contributed by atoms with Crippen molar-refractivity contribution in [2.45, 2.75) is 32.6 Å². The van der Waals surface area contributed by atoms with E-state index >= 15 is 0 Å². The average molecular weight is 362 g/mol. The first-order valence-corrected chi connectivity index (χ1v) is 8.09.